The van der Waals surface area contributed by atoms with Crippen molar-refractivity contribution in [2.45, 2.75) is 72.9 Å². The van der Waals surface area contributed by atoms with Crippen molar-refractivity contribution in [2.75, 3.05) is 0 Å². The number of hydrogen-bond acceptors (Lipinski definition) is 5. The molecule has 194 valence electrons. The first-order valence-electron chi connectivity index (χ1n) is 12.8. The van der Waals surface area contributed by atoms with Crippen LogP contribution in [0.2, 0.25) is 0 Å². The zero-order valence-electron chi connectivity index (χ0n) is 22.3. The van der Waals surface area contributed by atoms with Crippen molar-refractivity contribution in [3.8, 4) is 0 Å². The van der Waals surface area contributed by atoms with Gasteiger partial charge in [-0.1, -0.05) is 57.0 Å². The lowest BCUT2D eigenvalue weighted by molar-refractivity contribution is -0.136. The molecule has 2 aromatic carbocycles. The molecule has 7 nitrogen and oxygen atoms in total. The first-order valence-corrected chi connectivity index (χ1v) is 12.8. The van der Waals surface area contributed by atoms with Crippen molar-refractivity contribution in [2.24, 2.45) is 4.99 Å². The number of rotatable bonds is 6. The second-order valence-corrected chi connectivity index (χ2v) is 9.27. The molecule has 0 saturated carbocycles. The largest absolute Gasteiger partial charge is 0.322 e. The molecule has 2 heterocycles. The number of allylic oxidation sites excluding steroid dienone is 1. The minimum atomic E-state index is -0.642. The smallest absolute Gasteiger partial charge is 0.255 e. The van der Waals surface area contributed by atoms with Gasteiger partial charge in [-0.05, 0) is 56.0 Å². The van der Waals surface area contributed by atoms with E-state index in [-0.39, 0.29) is 24.0 Å². The summed E-state index contributed by atoms with van der Waals surface area (Å²) in [6.45, 7) is 10.0. The summed E-state index contributed by atoms with van der Waals surface area (Å²) in [4.78, 5) is 54.4. The minimum Gasteiger partial charge on any atom is -0.322 e. The summed E-state index contributed by atoms with van der Waals surface area (Å²) >= 11 is 0. The molecule has 2 aliphatic rings. The predicted molar refractivity (Wildman–Crippen MR) is 146 cm³/mol. The van der Waals surface area contributed by atoms with Gasteiger partial charge in [0, 0.05) is 35.9 Å². The Balaban J connectivity index is 0.000000886. The number of carbonyl (C=O) groups is 4. The van der Waals surface area contributed by atoms with Crippen LogP contribution in [0.25, 0.3) is 11.3 Å². The summed E-state index contributed by atoms with van der Waals surface area (Å²) < 4.78 is 0. The summed E-state index contributed by atoms with van der Waals surface area (Å²) in [7, 11) is 0. The fourth-order valence-electron chi connectivity index (χ4n) is 4.33. The quantitative estimate of drug-likeness (QED) is 0.247. The molecule has 1 fully saturated rings. The number of fused-ring (bicyclic) bond motifs is 1. The number of aliphatic imine (C=N–C) groups is 1. The Morgan fingerprint density at radius 3 is 2.19 bits per heavy atom. The summed E-state index contributed by atoms with van der Waals surface area (Å²) in [5, 5.41) is 2.32. The van der Waals surface area contributed by atoms with Gasteiger partial charge in [0.05, 0.1) is 5.70 Å². The van der Waals surface area contributed by atoms with E-state index in [1.807, 2.05) is 38.1 Å². The number of benzene rings is 2. The number of carbonyl (C=O) groups excluding carboxylic acids is 4. The Morgan fingerprint density at radius 1 is 1.00 bits per heavy atom. The molecule has 0 aliphatic carbocycles. The third kappa shape index (κ3) is 6.28. The van der Waals surface area contributed by atoms with E-state index in [0.29, 0.717) is 24.1 Å². The van der Waals surface area contributed by atoms with Crippen LogP contribution in [0.3, 0.4) is 0 Å². The number of nitrogens with zero attached hydrogens (tertiary/aromatic N) is 2. The van der Waals surface area contributed by atoms with Gasteiger partial charge in [-0.2, -0.15) is 0 Å². The van der Waals surface area contributed by atoms with E-state index in [4.69, 9.17) is 0 Å². The first-order chi connectivity index (χ1) is 17.7. The van der Waals surface area contributed by atoms with Crippen LogP contribution in [0.4, 0.5) is 0 Å². The van der Waals surface area contributed by atoms with E-state index in [0.717, 1.165) is 28.0 Å². The molecule has 3 amide bonds. The Bertz CT molecular complexity index is 1260. The maximum Gasteiger partial charge on any atom is 0.255 e. The van der Waals surface area contributed by atoms with Crippen LogP contribution in [0, 0.1) is 0 Å². The number of Topliss-reactive ketones (excluding diaryl/α,β-unsaturated/α-hetero) is 1. The molecule has 0 radical (unpaired) electrons. The highest BCUT2D eigenvalue weighted by Gasteiger charge is 2.39. The minimum absolute atomic E-state index is 0.0128. The Kier molecular flexibility index (Phi) is 9.28. The van der Waals surface area contributed by atoms with Crippen LogP contribution >= 0.6 is 0 Å². The van der Waals surface area contributed by atoms with Crippen molar-refractivity contribution in [1.82, 2.24) is 10.2 Å². The summed E-state index contributed by atoms with van der Waals surface area (Å²) in [5.41, 5.74) is 5.55. The molecule has 2 aliphatic heterocycles. The second-order valence-electron chi connectivity index (χ2n) is 9.27. The van der Waals surface area contributed by atoms with Crippen LogP contribution in [0.15, 0.2) is 47.5 Å². The molecule has 0 spiro atoms. The predicted octanol–water partition coefficient (Wildman–Crippen LogP) is 5.44. The Morgan fingerprint density at radius 2 is 1.62 bits per heavy atom. The molecule has 2 aromatic rings. The monoisotopic (exact) mass is 501 g/mol. The topological polar surface area (TPSA) is 95.9 Å². The van der Waals surface area contributed by atoms with E-state index in [1.54, 1.807) is 24.4 Å². The van der Waals surface area contributed by atoms with Crippen molar-refractivity contribution >= 4 is 41.0 Å². The van der Waals surface area contributed by atoms with Gasteiger partial charge in [-0.3, -0.25) is 29.5 Å². The zero-order chi connectivity index (χ0) is 27.1. The van der Waals surface area contributed by atoms with E-state index in [1.165, 1.54) is 24.7 Å². The molecule has 0 bridgehead atoms. The lowest BCUT2D eigenvalue weighted by Gasteiger charge is -2.29. The highest BCUT2D eigenvalue weighted by atomic mass is 16.2. The fourth-order valence-corrected chi connectivity index (χ4v) is 4.33. The standard InChI is InChI=1S/C26H25N3O4.C4H10/c1-4-27-24(15(2)17-5-7-18(8-6-17)16(3)30)19-9-10-21-20(13-19)14-29(26(21)33)22-11-12-23(31)28-25(22)32;1-3-4-2/h4-10,13,22H,11-12,14H2,1-3H3,(H,28,31,32);3-4H2,1-2H3/b24-15+,27-4?;. The van der Waals surface area contributed by atoms with Crippen LogP contribution in [-0.4, -0.2) is 40.7 Å². The van der Waals surface area contributed by atoms with Crippen LogP contribution in [0.5, 0.6) is 0 Å². The first kappa shape index (κ1) is 27.7. The number of ketones is 1. The average Bonchev–Trinajstić information content (AvgIpc) is 3.22. The average molecular weight is 502 g/mol. The molecular weight excluding hydrogens is 466 g/mol. The van der Waals surface area contributed by atoms with E-state index >= 15 is 0 Å². The molecule has 1 N–H and O–H groups in total. The number of amides is 3. The van der Waals surface area contributed by atoms with Gasteiger partial charge >= 0.3 is 0 Å². The third-order valence-electron chi connectivity index (χ3n) is 6.63. The van der Waals surface area contributed by atoms with Gasteiger partial charge in [0.15, 0.2) is 5.78 Å². The number of nitrogens with one attached hydrogen (secondary N) is 1. The van der Waals surface area contributed by atoms with Gasteiger partial charge in [0.1, 0.15) is 6.04 Å². The van der Waals surface area contributed by atoms with Crippen molar-refractivity contribution in [3.63, 3.8) is 0 Å². The van der Waals surface area contributed by atoms with E-state index in [9.17, 15) is 19.2 Å². The maximum absolute atomic E-state index is 13.0. The van der Waals surface area contributed by atoms with Crippen molar-refractivity contribution in [3.05, 3.63) is 70.3 Å². The molecule has 7 heteroatoms. The Hall–Kier alpha value is -3.87. The summed E-state index contributed by atoms with van der Waals surface area (Å²) in [5.74, 6) is -0.915. The molecule has 1 atom stereocenters. The van der Waals surface area contributed by atoms with Crippen LogP contribution in [-0.2, 0) is 16.1 Å². The summed E-state index contributed by atoms with van der Waals surface area (Å²) in [6, 6.07) is 12.3. The normalized spacial score (nSPS) is 17.7. The van der Waals surface area contributed by atoms with Gasteiger partial charge in [-0.25, -0.2) is 0 Å². The molecule has 1 saturated heterocycles. The third-order valence-corrected chi connectivity index (χ3v) is 6.63. The van der Waals surface area contributed by atoms with Crippen LogP contribution in [0.1, 0.15) is 97.7 Å². The Labute approximate surface area is 218 Å². The van der Waals surface area contributed by atoms with Crippen molar-refractivity contribution in [1.29, 1.82) is 0 Å². The van der Waals surface area contributed by atoms with Gasteiger partial charge in [-0.15, -0.1) is 0 Å². The zero-order valence-corrected chi connectivity index (χ0v) is 22.3. The molecule has 0 aromatic heterocycles. The number of imide groups is 1. The van der Waals surface area contributed by atoms with Crippen molar-refractivity contribution < 1.29 is 19.2 Å². The molecule has 37 heavy (non-hydrogen) atoms. The lowest BCUT2D eigenvalue weighted by Crippen LogP contribution is -2.52. The maximum atomic E-state index is 13.0. The highest BCUT2D eigenvalue weighted by molar-refractivity contribution is 6.05. The number of piperidine rings is 1. The molecular formula is C30H35N3O4. The van der Waals surface area contributed by atoms with Gasteiger partial charge in [0.2, 0.25) is 11.8 Å². The molecule has 1 unspecified atom stereocenters. The van der Waals surface area contributed by atoms with E-state index < -0.39 is 11.9 Å². The van der Waals surface area contributed by atoms with Gasteiger partial charge in [0.25, 0.3) is 5.91 Å². The summed E-state index contributed by atoms with van der Waals surface area (Å²) in [6.07, 6.45) is 4.91. The highest BCUT2D eigenvalue weighted by Crippen LogP contribution is 2.33. The van der Waals surface area contributed by atoms with Gasteiger partial charge < -0.3 is 4.90 Å². The number of unbranched alkanes of at least 4 members (excludes halogenated alkanes) is 1. The molecule has 4 rings (SSSR count). The fraction of sp³-hybridized carbons (Fsp3) is 0.367. The van der Waals surface area contributed by atoms with Crippen LogP contribution < -0.4 is 5.32 Å². The number of hydrogen-bond donors (Lipinski definition) is 1. The SMILES string of the molecule is CC=N/C(=C(\C)c1ccc(C(C)=O)cc1)c1ccc2c(c1)CN(C1CCC(=O)NC1=O)C2=O.CCCC. The lowest BCUT2D eigenvalue weighted by atomic mass is 9.97. The van der Waals surface area contributed by atoms with E-state index in [2.05, 4.69) is 24.2 Å². The second kappa shape index (κ2) is 12.4.